The summed E-state index contributed by atoms with van der Waals surface area (Å²) in [5.74, 6) is 0.211. The van der Waals surface area contributed by atoms with Crippen LogP contribution in [0.15, 0.2) is 30.5 Å². The molecule has 0 saturated carbocycles. The van der Waals surface area contributed by atoms with E-state index in [4.69, 9.17) is 5.73 Å². The summed E-state index contributed by atoms with van der Waals surface area (Å²) in [7, 11) is 0. The molecule has 0 amide bonds. The Bertz CT molecular complexity index is 496. The second kappa shape index (κ2) is 4.49. The third-order valence-corrected chi connectivity index (χ3v) is 2.78. The lowest BCUT2D eigenvalue weighted by atomic mass is 9.98. The number of nitrogens with zero attached hydrogens (tertiary/aromatic N) is 1. The van der Waals surface area contributed by atoms with Crippen molar-refractivity contribution in [3.8, 4) is 5.75 Å². The molecule has 0 aliphatic carbocycles. The molecule has 0 aliphatic rings. The molecule has 1 aromatic heterocycles. The zero-order valence-electron chi connectivity index (χ0n) is 9.35. The molecule has 2 rings (SSSR count). The molecule has 0 fully saturated rings. The van der Waals surface area contributed by atoms with Gasteiger partial charge in [-0.2, -0.15) is 0 Å². The first-order chi connectivity index (χ1) is 7.74. The minimum Gasteiger partial charge on any atom is -0.506 e. The van der Waals surface area contributed by atoms with E-state index in [0.29, 0.717) is 5.52 Å². The highest BCUT2D eigenvalue weighted by atomic mass is 16.3. The minimum atomic E-state index is 0.0114. The lowest BCUT2D eigenvalue weighted by molar-refractivity contribution is 0.480. The fourth-order valence-electron chi connectivity index (χ4n) is 1.97. The zero-order valence-corrected chi connectivity index (χ0v) is 9.35. The van der Waals surface area contributed by atoms with Gasteiger partial charge < -0.3 is 10.8 Å². The molecule has 0 aliphatic heterocycles. The Morgan fingerprint density at radius 1 is 1.38 bits per heavy atom. The van der Waals surface area contributed by atoms with Gasteiger partial charge in [-0.3, -0.25) is 4.98 Å². The number of phenolic OH excluding ortho intramolecular Hbond substituents is 1. The molecule has 2 aromatic rings. The molecule has 1 aromatic carbocycles. The van der Waals surface area contributed by atoms with Crippen LogP contribution in [0.2, 0.25) is 0 Å². The molecule has 3 N–H and O–H groups in total. The highest BCUT2D eigenvalue weighted by Crippen LogP contribution is 2.29. The molecule has 84 valence electrons. The van der Waals surface area contributed by atoms with Gasteiger partial charge in [0.15, 0.2) is 0 Å². The highest BCUT2D eigenvalue weighted by molar-refractivity contribution is 5.87. The van der Waals surface area contributed by atoms with Crippen molar-refractivity contribution in [1.29, 1.82) is 0 Å². The number of phenols is 1. The van der Waals surface area contributed by atoms with Crippen molar-refractivity contribution >= 4 is 10.9 Å². The monoisotopic (exact) mass is 216 g/mol. The Kier molecular flexibility index (Phi) is 3.06. The van der Waals surface area contributed by atoms with Gasteiger partial charge in [0.2, 0.25) is 0 Å². The van der Waals surface area contributed by atoms with Gasteiger partial charge in [0.25, 0.3) is 0 Å². The first-order valence-electron chi connectivity index (χ1n) is 5.56. The molecule has 0 spiro atoms. The Hall–Kier alpha value is -1.61. The number of pyridine rings is 1. The maximum absolute atomic E-state index is 9.70. The van der Waals surface area contributed by atoms with E-state index in [1.807, 2.05) is 18.2 Å². The van der Waals surface area contributed by atoms with Gasteiger partial charge in [-0.1, -0.05) is 25.5 Å². The van der Waals surface area contributed by atoms with Crippen molar-refractivity contribution in [3.05, 3.63) is 36.0 Å². The van der Waals surface area contributed by atoms with E-state index < -0.39 is 0 Å². The highest BCUT2D eigenvalue weighted by Gasteiger charge is 2.11. The van der Waals surface area contributed by atoms with Crippen molar-refractivity contribution in [1.82, 2.24) is 4.98 Å². The van der Waals surface area contributed by atoms with Crippen LogP contribution in [0.1, 0.15) is 31.4 Å². The first kappa shape index (κ1) is 10.9. The van der Waals surface area contributed by atoms with Crippen LogP contribution in [-0.2, 0) is 0 Å². The summed E-state index contributed by atoms with van der Waals surface area (Å²) in [6.07, 6.45) is 3.66. The minimum absolute atomic E-state index is 0.0114. The second-order valence-corrected chi connectivity index (χ2v) is 3.97. The van der Waals surface area contributed by atoms with Crippen LogP contribution in [0.5, 0.6) is 5.75 Å². The van der Waals surface area contributed by atoms with E-state index in [1.165, 1.54) is 0 Å². The first-order valence-corrected chi connectivity index (χ1v) is 5.56. The Morgan fingerprint density at radius 3 is 2.94 bits per heavy atom. The number of aromatic nitrogens is 1. The third-order valence-electron chi connectivity index (χ3n) is 2.78. The average Bonchev–Trinajstić information content (AvgIpc) is 2.30. The van der Waals surface area contributed by atoms with Crippen molar-refractivity contribution in [2.24, 2.45) is 5.73 Å². The summed E-state index contributed by atoms with van der Waals surface area (Å²) in [4.78, 5) is 4.18. The molecule has 3 nitrogen and oxygen atoms in total. The molecule has 1 heterocycles. The van der Waals surface area contributed by atoms with E-state index >= 15 is 0 Å². The lowest BCUT2D eigenvalue weighted by Gasteiger charge is -2.13. The van der Waals surface area contributed by atoms with Crippen LogP contribution in [0.25, 0.3) is 10.9 Å². The van der Waals surface area contributed by atoms with Crippen molar-refractivity contribution in [2.45, 2.75) is 25.8 Å². The third kappa shape index (κ3) is 1.86. The number of rotatable bonds is 3. The summed E-state index contributed by atoms with van der Waals surface area (Å²) in [6.45, 7) is 2.11. The standard InChI is InChI=1S/C13H16N2O/c1-2-4-11(14)9-6-7-12(16)13-10(9)5-3-8-15-13/h3,5-8,11,16H,2,4,14H2,1H3. The van der Waals surface area contributed by atoms with Gasteiger partial charge in [0.05, 0.1) is 0 Å². The summed E-state index contributed by atoms with van der Waals surface area (Å²) in [5, 5.41) is 10.7. The van der Waals surface area contributed by atoms with Gasteiger partial charge in [0, 0.05) is 17.6 Å². The van der Waals surface area contributed by atoms with Crippen LogP contribution in [-0.4, -0.2) is 10.1 Å². The topological polar surface area (TPSA) is 59.1 Å². The summed E-state index contributed by atoms with van der Waals surface area (Å²) < 4.78 is 0. The molecule has 0 bridgehead atoms. The second-order valence-electron chi connectivity index (χ2n) is 3.97. The van der Waals surface area contributed by atoms with Gasteiger partial charge in [-0.25, -0.2) is 0 Å². The molecule has 0 saturated heterocycles. The van der Waals surface area contributed by atoms with E-state index in [1.54, 1.807) is 12.3 Å². The van der Waals surface area contributed by atoms with E-state index in [2.05, 4.69) is 11.9 Å². The number of hydrogen-bond donors (Lipinski definition) is 2. The smallest absolute Gasteiger partial charge is 0.141 e. The molecule has 1 unspecified atom stereocenters. The predicted molar refractivity (Wildman–Crippen MR) is 65.2 cm³/mol. The van der Waals surface area contributed by atoms with Crippen LogP contribution < -0.4 is 5.73 Å². The fourth-order valence-corrected chi connectivity index (χ4v) is 1.97. The largest absolute Gasteiger partial charge is 0.506 e. The molecular formula is C13H16N2O. The Morgan fingerprint density at radius 2 is 2.19 bits per heavy atom. The number of fused-ring (bicyclic) bond motifs is 1. The van der Waals surface area contributed by atoms with Gasteiger partial charge in [-0.05, 0) is 24.1 Å². The van der Waals surface area contributed by atoms with E-state index in [9.17, 15) is 5.11 Å². The zero-order chi connectivity index (χ0) is 11.5. The molecule has 3 heteroatoms. The fraction of sp³-hybridized carbons (Fsp3) is 0.308. The predicted octanol–water partition coefficient (Wildman–Crippen LogP) is 2.74. The van der Waals surface area contributed by atoms with Gasteiger partial charge >= 0.3 is 0 Å². The average molecular weight is 216 g/mol. The van der Waals surface area contributed by atoms with E-state index in [0.717, 1.165) is 23.8 Å². The normalized spacial score (nSPS) is 12.9. The van der Waals surface area contributed by atoms with Gasteiger partial charge in [0.1, 0.15) is 11.3 Å². The van der Waals surface area contributed by atoms with Gasteiger partial charge in [-0.15, -0.1) is 0 Å². The van der Waals surface area contributed by atoms with Crippen molar-refractivity contribution in [2.75, 3.05) is 0 Å². The van der Waals surface area contributed by atoms with Crippen LogP contribution in [0.4, 0.5) is 0 Å². The van der Waals surface area contributed by atoms with Crippen LogP contribution in [0, 0.1) is 0 Å². The van der Waals surface area contributed by atoms with E-state index in [-0.39, 0.29) is 11.8 Å². The number of hydrogen-bond acceptors (Lipinski definition) is 3. The molecular weight excluding hydrogens is 200 g/mol. The summed E-state index contributed by atoms with van der Waals surface area (Å²) in [5.41, 5.74) is 7.80. The van der Waals surface area contributed by atoms with Crippen molar-refractivity contribution in [3.63, 3.8) is 0 Å². The number of aromatic hydroxyl groups is 1. The Labute approximate surface area is 94.9 Å². The van der Waals surface area contributed by atoms with Crippen LogP contribution in [0.3, 0.4) is 0 Å². The quantitative estimate of drug-likeness (QED) is 0.829. The number of benzene rings is 1. The van der Waals surface area contributed by atoms with Crippen LogP contribution >= 0.6 is 0 Å². The van der Waals surface area contributed by atoms with Crippen molar-refractivity contribution < 1.29 is 5.11 Å². The maximum Gasteiger partial charge on any atom is 0.141 e. The molecule has 16 heavy (non-hydrogen) atoms. The summed E-state index contributed by atoms with van der Waals surface area (Å²) >= 11 is 0. The molecule has 1 atom stereocenters. The maximum atomic E-state index is 9.70. The lowest BCUT2D eigenvalue weighted by Crippen LogP contribution is -2.10. The molecule has 0 radical (unpaired) electrons. The summed E-state index contributed by atoms with van der Waals surface area (Å²) in [6, 6.07) is 7.38. The number of nitrogens with two attached hydrogens (primary N) is 1. The SMILES string of the molecule is CCCC(N)c1ccc(O)c2ncccc12. The Balaban J connectivity index is 2.58.